The first-order valence-corrected chi connectivity index (χ1v) is 4.25. The molecule has 0 aromatic rings. The van der Waals surface area contributed by atoms with Gasteiger partial charge in [0.2, 0.25) is 12.3 Å². The Balaban J connectivity index is 2.73. The molecule has 0 radical (unpaired) electrons. The quantitative estimate of drug-likeness (QED) is 0.653. The van der Waals surface area contributed by atoms with Gasteiger partial charge in [0.1, 0.15) is 0 Å². The fraction of sp³-hybridized carbons (Fsp3) is 0.333. The van der Waals surface area contributed by atoms with Crippen molar-refractivity contribution in [3.8, 4) is 0 Å². The molecule has 0 aliphatic carbocycles. The topological polar surface area (TPSA) is 77.2 Å². The minimum atomic E-state index is -0.512. The molecular formula is C9H13N3O3. The van der Waals surface area contributed by atoms with Crippen molar-refractivity contribution in [3.05, 3.63) is 23.9 Å². The van der Waals surface area contributed by atoms with Crippen LogP contribution >= 0.6 is 0 Å². The Hall–Kier alpha value is -1.66. The van der Waals surface area contributed by atoms with E-state index in [9.17, 15) is 4.79 Å². The number of primary amides is 1. The summed E-state index contributed by atoms with van der Waals surface area (Å²) in [7, 11) is 3.02. The number of ether oxygens (including phenoxy) is 1. The Morgan fingerprint density at radius 3 is 2.93 bits per heavy atom. The van der Waals surface area contributed by atoms with Crippen molar-refractivity contribution in [3.63, 3.8) is 0 Å². The van der Waals surface area contributed by atoms with Gasteiger partial charge in [-0.15, -0.1) is 0 Å². The van der Waals surface area contributed by atoms with E-state index in [0.717, 1.165) is 0 Å². The lowest BCUT2D eigenvalue weighted by molar-refractivity contribution is -0.193. The molecule has 82 valence electrons. The van der Waals surface area contributed by atoms with E-state index in [4.69, 9.17) is 15.3 Å². The largest absolute Gasteiger partial charge is 0.366 e. The van der Waals surface area contributed by atoms with E-state index < -0.39 is 12.3 Å². The summed E-state index contributed by atoms with van der Waals surface area (Å²) in [5, 5.41) is 1.42. The molecule has 0 fully saturated rings. The lowest BCUT2D eigenvalue weighted by Crippen LogP contribution is -2.32. The zero-order valence-corrected chi connectivity index (χ0v) is 8.58. The Bertz CT molecular complexity index is 323. The van der Waals surface area contributed by atoms with Gasteiger partial charge < -0.3 is 10.5 Å². The molecule has 1 aliphatic heterocycles. The third-order valence-electron chi connectivity index (χ3n) is 1.71. The van der Waals surface area contributed by atoms with Crippen LogP contribution in [0, 0.1) is 0 Å². The van der Waals surface area contributed by atoms with Crippen molar-refractivity contribution in [1.29, 1.82) is 0 Å². The fourth-order valence-corrected chi connectivity index (χ4v) is 1.03. The number of aliphatic imine (C=N–C) groups is 1. The summed E-state index contributed by atoms with van der Waals surface area (Å²) >= 11 is 0. The highest BCUT2D eigenvalue weighted by Crippen LogP contribution is 2.11. The van der Waals surface area contributed by atoms with E-state index in [1.165, 1.54) is 25.4 Å². The van der Waals surface area contributed by atoms with Gasteiger partial charge in [0.05, 0.1) is 7.11 Å². The second-order valence-corrected chi connectivity index (χ2v) is 2.75. The van der Waals surface area contributed by atoms with E-state index in [1.54, 1.807) is 18.5 Å². The zero-order valence-electron chi connectivity index (χ0n) is 8.58. The van der Waals surface area contributed by atoms with Gasteiger partial charge >= 0.3 is 0 Å². The molecule has 0 saturated heterocycles. The average molecular weight is 211 g/mol. The first-order chi connectivity index (χ1) is 7.17. The Kier molecular flexibility index (Phi) is 4.02. The van der Waals surface area contributed by atoms with Crippen LogP contribution in [0.3, 0.4) is 0 Å². The van der Waals surface area contributed by atoms with Crippen LogP contribution in [-0.2, 0) is 14.4 Å². The van der Waals surface area contributed by atoms with Gasteiger partial charge in [0.15, 0.2) is 0 Å². The maximum Gasteiger partial charge on any atom is 0.250 e. The lowest BCUT2D eigenvalue weighted by atomic mass is 10.2. The molecule has 1 rings (SSSR count). The molecule has 15 heavy (non-hydrogen) atoms. The van der Waals surface area contributed by atoms with Gasteiger partial charge in [0, 0.05) is 31.2 Å². The molecule has 1 aliphatic rings. The van der Waals surface area contributed by atoms with E-state index >= 15 is 0 Å². The van der Waals surface area contributed by atoms with Crippen LogP contribution in [-0.4, -0.2) is 37.8 Å². The van der Waals surface area contributed by atoms with Crippen molar-refractivity contribution in [2.24, 2.45) is 10.7 Å². The second kappa shape index (κ2) is 5.28. The van der Waals surface area contributed by atoms with Crippen molar-refractivity contribution in [2.45, 2.75) is 6.35 Å². The van der Waals surface area contributed by atoms with Crippen LogP contribution < -0.4 is 5.73 Å². The highest BCUT2D eigenvalue weighted by Gasteiger charge is 2.16. The smallest absolute Gasteiger partial charge is 0.250 e. The lowest BCUT2D eigenvalue weighted by Gasteiger charge is -2.26. The minimum absolute atomic E-state index is 0.499. The molecule has 6 heteroatoms. The molecule has 0 aromatic carbocycles. The van der Waals surface area contributed by atoms with Gasteiger partial charge in [-0.25, -0.2) is 10.1 Å². The number of allylic oxidation sites excluding steroid dienone is 2. The van der Waals surface area contributed by atoms with Crippen LogP contribution in [0.4, 0.5) is 0 Å². The Morgan fingerprint density at radius 2 is 2.40 bits per heavy atom. The van der Waals surface area contributed by atoms with Crippen molar-refractivity contribution < 1.29 is 14.4 Å². The minimum Gasteiger partial charge on any atom is -0.366 e. The summed E-state index contributed by atoms with van der Waals surface area (Å²) in [6.45, 7) is 0. The normalized spacial score (nSPS) is 20.8. The zero-order chi connectivity index (χ0) is 11.3. The number of carbonyl (C=O) groups excluding carboxylic acids is 1. The summed E-state index contributed by atoms with van der Waals surface area (Å²) < 4.78 is 5.01. The monoisotopic (exact) mass is 211 g/mol. The second-order valence-electron chi connectivity index (χ2n) is 2.75. The summed E-state index contributed by atoms with van der Waals surface area (Å²) in [6.07, 6.45) is 5.52. The molecule has 1 atom stereocenters. The fourth-order valence-electron chi connectivity index (χ4n) is 1.03. The third-order valence-corrected chi connectivity index (χ3v) is 1.71. The molecule has 1 amide bonds. The predicted molar refractivity (Wildman–Crippen MR) is 54.6 cm³/mol. The predicted octanol–water partition coefficient (Wildman–Crippen LogP) is -0.210. The van der Waals surface area contributed by atoms with Crippen LogP contribution in [0.15, 0.2) is 28.9 Å². The first kappa shape index (κ1) is 11.4. The van der Waals surface area contributed by atoms with Gasteiger partial charge in [0.25, 0.3) is 0 Å². The average Bonchev–Trinajstić information content (AvgIpc) is 2.25. The number of carbonyl (C=O) groups is 1. The molecule has 1 heterocycles. The summed E-state index contributed by atoms with van der Waals surface area (Å²) in [5.41, 5.74) is 5.66. The molecule has 1 unspecified atom stereocenters. The van der Waals surface area contributed by atoms with Crippen LogP contribution in [0.25, 0.3) is 0 Å². The van der Waals surface area contributed by atoms with Crippen LogP contribution in [0.1, 0.15) is 0 Å². The number of hydrogen-bond donors (Lipinski definition) is 1. The van der Waals surface area contributed by atoms with Crippen LogP contribution in [0.2, 0.25) is 0 Å². The number of nitrogens with zero attached hydrogens (tertiary/aromatic N) is 2. The summed E-state index contributed by atoms with van der Waals surface area (Å²) in [4.78, 5) is 19.5. The molecule has 0 spiro atoms. The van der Waals surface area contributed by atoms with E-state index in [2.05, 4.69) is 4.99 Å². The van der Waals surface area contributed by atoms with Gasteiger partial charge in [-0.2, -0.15) is 0 Å². The maximum atomic E-state index is 10.5. The van der Waals surface area contributed by atoms with E-state index in [0.29, 0.717) is 5.57 Å². The number of hydroxylamine groups is 2. The first-order valence-electron chi connectivity index (χ1n) is 4.25. The third kappa shape index (κ3) is 3.19. The number of rotatable bonds is 4. The highest BCUT2D eigenvalue weighted by atomic mass is 16.7. The van der Waals surface area contributed by atoms with Crippen LogP contribution in [0.5, 0.6) is 0 Å². The highest BCUT2D eigenvalue weighted by molar-refractivity contribution is 5.90. The molecule has 2 N–H and O–H groups in total. The summed E-state index contributed by atoms with van der Waals surface area (Å²) in [5.74, 6) is -0.512. The van der Waals surface area contributed by atoms with Gasteiger partial charge in [-0.05, 0) is 6.08 Å². The number of amides is 1. The van der Waals surface area contributed by atoms with Crippen molar-refractivity contribution >= 4 is 12.1 Å². The van der Waals surface area contributed by atoms with Gasteiger partial charge in [-0.3, -0.25) is 9.63 Å². The van der Waals surface area contributed by atoms with Gasteiger partial charge in [-0.1, -0.05) is 0 Å². The van der Waals surface area contributed by atoms with E-state index in [-0.39, 0.29) is 0 Å². The molecule has 0 bridgehead atoms. The van der Waals surface area contributed by atoms with E-state index in [1.807, 2.05) is 0 Å². The van der Waals surface area contributed by atoms with Crippen molar-refractivity contribution in [2.75, 3.05) is 14.2 Å². The molecule has 6 nitrogen and oxygen atoms in total. The number of hydrogen-bond acceptors (Lipinski definition) is 5. The Morgan fingerprint density at radius 1 is 1.67 bits per heavy atom. The van der Waals surface area contributed by atoms with Crippen molar-refractivity contribution in [1.82, 2.24) is 5.06 Å². The standard InChI is InChI=1S/C9H13N3O3/c1-14-9-11-5-7(3-4-8(10)13)6-12(9)15-2/h3-6,9H,1-2H3,(H2,10,13)/b4-3+. The molecule has 0 aromatic heterocycles. The molecule has 0 saturated carbocycles. The Labute approximate surface area is 87.6 Å². The maximum absolute atomic E-state index is 10.5. The SMILES string of the molecule is COC1N=CC(/C=C/C(N)=O)=CN1OC. The number of nitrogens with two attached hydrogens (primary N) is 1. The summed E-state index contributed by atoms with van der Waals surface area (Å²) in [6, 6.07) is 0. The number of methoxy groups -OCH3 is 1. The molecular weight excluding hydrogens is 198 g/mol.